The van der Waals surface area contributed by atoms with Crippen molar-refractivity contribution in [3.8, 4) is 0 Å². The molecule has 0 saturated heterocycles. The number of rotatable bonds is 4. The van der Waals surface area contributed by atoms with E-state index in [9.17, 15) is 4.79 Å². The van der Waals surface area contributed by atoms with Gasteiger partial charge in [-0.1, -0.05) is 0 Å². The van der Waals surface area contributed by atoms with Crippen molar-refractivity contribution in [2.45, 2.75) is 18.8 Å². The highest BCUT2D eigenvalue weighted by atomic mass is 16.5. The van der Waals surface area contributed by atoms with E-state index in [0.717, 1.165) is 18.6 Å². The number of hydrogen-bond donors (Lipinski definition) is 2. The maximum atomic E-state index is 10.5. The van der Waals surface area contributed by atoms with Gasteiger partial charge in [-0.15, -0.1) is 0 Å². The van der Waals surface area contributed by atoms with Gasteiger partial charge >= 0.3 is 6.03 Å². The highest BCUT2D eigenvalue weighted by Crippen LogP contribution is 2.49. The molecule has 1 aliphatic carbocycles. The minimum absolute atomic E-state index is 0.289. The number of nitrogens with two attached hydrogens (primary N) is 1. The van der Waals surface area contributed by atoms with E-state index in [-0.39, 0.29) is 6.54 Å². The highest BCUT2D eigenvalue weighted by Gasteiger charge is 2.40. The number of furan rings is 1. The monoisotopic (exact) mass is 210 g/mol. The maximum Gasteiger partial charge on any atom is 0.338 e. The average molecular weight is 210 g/mol. The van der Waals surface area contributed by atoms with Crippen molar-refractivity contribution in [2.24, 2.45) is 11.7 Å². The summed E-state index contributed by atoms with van der Waals surface area (Å²) in [7, 11) is 0. The molecule has 0 bridgehead atoms. The molecule has 1 aromatic rings. The van der Waals surface area contributed by atoms with E-state index in [1.807, 2.05) is 12.1 Å². The standard InChI is InChI=1S/C10H14N2O3/c11-10(13)12(14)4-3-7-6-8(7)9-2-1-5-15-9/h1-2,5,7-8,14H,3-4,6H2,(H2,11,13). The lowest BCUT2D eigenvalue weighted by Gasteiger charge is -2.10. The Labute approximate surface area is 87.4 Å². The molecule has 1 heterocycles. The van der Waals surface area contributed by atoms with Crippen LogP contribution in [0.1, 0.15) is 24.5 Å². The van der Waals surface area contributed by atoms with Crippen LogP contribution in [0, 0.1) is 5.92 Å². The Morgan fingerprint density at radius 1 is 1.73 bits per heavy atom. The SMILES string of the molecule is NC(=O)N(O)CCC1CC1c1ccco1. The molecule has 2 amide bonds. The number of hydrogen-bond acceptors (Lipinski definition) is 3. The second-order valence-corrected chi connectivity index (χ2v) is 3.87. The molecule has 0 radical (unpaired) electrons. The second-order valence-electron chi connectivity index (χ2n) is 3.87. The number of primary amides is 1. The molecule has 15 heavy (non-hydrogen) atoms. The summed E-state index contributed by atoms with van der Waals surface area (Å²) in [5.74, 6) is 1.93. The second kappa shape index (κ2) is 3.94. The van der Waals surface area contributed by atoms with Crippen molar-refractivity contribution in [1.82, 2.24) is 5.06 Å². The van der Waals surface area contributed by atoms with Crippen molar-refractivity contribution < 1.29 is 14.4 Å². The molecule has 5 heteroatoms. The van der Waals surface area contributed by atoms with Crippen molar-refractivity contribution in [3.63, 3.8) is 0 Å². The summed E-state index contributed by atoms with van der Waals surface area (Å²) in [6.07, 6.45) is 3.47. The quantitative estimate of drug-likeness (QED) is 0.584. The minimum atomic E-state index is -0.801. The predicted molar refractivity (Wildman–Crippen MR) is 52.2 cm³/mol. The smallest absolute Gasteiger partial charge is 0.338 e. The first-order valence-corrected chi connectivity index (χ1v) is 4.97. The Kier molecular flexibility index (Phi) is 2.64. The summed E-state index contributed by atoms with van der Waals surface area (Å²) >= 11 is 0. The Morgan fingerprint density at radius 2 is 2.53 bits per heavy atom. The van der Waals surface area contributed by atoms with Crippen LogP contribution < -0.4 is 5.73 Å². The molecule has 2 unspecified atom stereocenters. The summed E-state index contributed by atoms with van der Waals surface area (Å²) < 4.78 is 5.27. The van der Waals surface area contributed by atoms with Crippen LogP contribution >= 0.6 is 0 Å². The Hall–Kier alpha value is -1.49. The largest absolute Gasteiger partial charge is 0.469 e. The topological polar surface area (TPSA) is 79.7 Å². The molecule has 5 nitrogen and oxygen atoms in total. The van der Waals surface area contributed by atoms with Gasteiger partial charge in [-0.3, -0.25) is 5.21 Å². The lowest BCUT2D eigenvalue weighted by atomic mass is 10.2. The van der Waals surface area contributed by atoms with Crippen LogP contribution in [0.15, 0.2) is 22.8 Å². The Bertz CT molecular complexity index is 336. The van der Waals surface area contributed by atoms with Crippen LogP contribution in [0.25, 0.3) is 0 Å². The lowest BCUT2D eigenvalue weighted by Crippen LogP contribution is -2.33. The third kappa shape index (κ3) is 2.30. The van der Waals surface area contributed by atoms with E-state index < -0.39 is 6.03 Å². The van der Waals surface area contributed by atoms with Gasteiger partial charge in [0.1, 0.15) is 5.76 Å². The molecule has 1 aromatic heterocycles. The van der Waals surface area contributed by atoms with Crippen molar-refractivity contribution >= 4 is 6.03 Å². The first kappa shape index (κ1) is 10.0. The molecular weight excluding hydrogens is 196 g/mol. The van der Waals surface area contributed by atoms with Crippen molar-refractivity contribution in [2.75, 3.05) is 6.54 Å². The normalized spacial score (nSPS) is 23.8. The molecular formula is C10H14N2O3. The van der Waals surface area contributed by atoms with E-state index in [1.165, 1.54) is 0 Å². The summed E-state index contributed by atoms with van der Waals surface area (Å²) in [5, 5.41) is 9.61. The zero-order chi connectivity index (χ0) is 10.8. The van der Waals surface area contributed by atoms with Crippen LogP contribution in [0.3, 0.4) is 0 Å². The molecule has 0 aromatic carbocycles. The van der Waals surface area contributed by atoms with Crippen molar-refractivity contribution in [1.29, 1.82) is 0 Å². The summed E-state index contributed by atoms with van der Waals surface area (Å²) in [4.78, 5) is 10.5. The third-order valence-electron chi connectivity index (χ3n) is 2.80. The van der Waals surface area contributed by atoms with E-state index in [4.69, 9.17) is 15.4 Å². The first-order valence-electron chi connectivity index (χ1n) is 4.97. The Balaban J connectivity index is 1.74. The molecule has 0 aliphatic heterocycles. The molecule has 2 atom stereocenters. The fraction of sp³-hybridized carbons (Fsp3) is 0.500. The van der Waals surface area contributed by atoms with Crippen LogP contribution in [0.4, 0.5) is 4.79 Å². The number of urea groups is 1. The van der Waals surface area contributed by atoms with Gasteiger partial charge in [-0.2, -0.15) is 0 Å². The van der Waals surface area contributed by atoms with Crippen LogP contribution in [-0.2, 0) is 0 Å². The molecule has 82 valence electrons. The van der Waals surface area contributed by atoms with E-state index in [0.29, 0.717) is 16.9 Å². The van der Waals surface area contributed by atoms with Gasteiger partial charge in [0.05, 0.1) is 12.8 Å². The van der Waals surface area contributed by atoms with E-state index in [1.54, 1.807) is 6.26 Å². The van der Waals surface area contributed by atoms with Crippen LogP contribution in [-0.4, -0.2) is 22.8 Å². The maximum absolute atomic E-state index is 10.5. The third-order valence-corrected chi connectivity index (χ3v) is 2.80. The fourth-order valence-electron chi connectivity index (χ4n) is 1.82. The zero-order valence-corrected chi connectivity index (χ0v) is 8.30. The zero-order valence-electron chi connectivity index (χ0n) is 8.30. The van der Waals surface area contributed by atoms with E-state index in [2.05, 4.69) is 0 Å². The molecule has 1 fully saturated rings. The predicted octanol–water partition coefficient (Wildman–Crippen LogP) is 1.54. The summed E-state index contributed by atoms with van der Waals surface area (Å²) in [6.45, 7) is 0.289. The number of amides is 2. The van der Waals surface area contributed by atoms with Gasteiger partial charge in [0.25, 0.3) is 0 Å². The van der Waals surface area contributed by atoms with Gasteiger partial charge in [0.2, 0.25) is 0 Å². The van der Waals surface area contributed by atoms with Gasteiger partial charge in [-0.25, -0.2) is 9.86 Å². The first-order chi connectivity index (χ1) is 7.18. The lowest BCUT2D eigenvalue weighted by molar-refractivity contribution is -0.0410. The van der Waals surface area contributed by atoms with Gasteiger partial charge in [0.15, 0.2) is 0 Å². The summed E-state index contributed by atoms with van der Waals surface area (Å²) in [6, 6.07) is 3.02. The number of nitrogens with zero attached hydrogens (tertiary/aromatic N) is 1. The van der Waals surface area contributed by atoms with Gasteiger partial charge < -0.3 is 10.2 Å². The molecule has 2 rings (SSSR count). The number of hydroxylamine groups is 2. The van der Waals surface area contributed by atoms with Gasteiger partial charge in [0, 0.05) is 5.92 Å². The molecule has 1 saturated carbocycles. The summed E-state index contributed by atoms with van der Waals surface area (Å²) in [5.41, 5.74) is 4.89. The Morgan fingerprint density at radius 3 is 3.13 bits per heavy atom. The number of carbonyl (C=O) groups is 1. The van der Waals surface area contributed by atoms with Crippen molar-refractivity contribution in [3.05, 3.63) is 24.2 Å². The van der Waals surface area contributed by atoms with E-state index >= 15 is 0 Å². The number of carbonyl (C=O) groups excluding carboxylic acids is 1. The average Bonchev–Trinajstić information content (AvgIpc) is 2.76. The van der Waals surface area contributed by atoms with Gasteiger partial charge in [-0.05, 0) is 30.9 Å². The fourth-order valence-corrected chi connectivity index (χ4v) is 1.82. The molecule has 0 spiro atoms. The van der Waals surface area contributed by atoms with Crippen LogP contribution in [0.2, 0.25) is 0 Å². The molecule has 1 aliphatic rings. The highest BCUT2D eigenvalue weighted by molar-refractivity contribution is 5.70. The minimum Gasteiger partial charge on any atom is -0.469 e. The van der Waals surface area contributed by atoms with Crippen LogP contribution in [0.5, 0.6) is 0 Å². The molecule has 3 N–H and O–H groups in total.